The van der Waals surface area contributed by atoms with E-state index in [2.05, 4.69) is 27.3 Å². The maximum absolute atomic E-state index is 11.8. The molecule has 0 saturated heterocycles. The molecular weight excluding hydrogens is 292 g/mol. The lowest BCUT2D eigenvalue weighted by Crippen LogP contribution is -2.36. The molecular formula is C14H15BrN2O. The Morgan fingerprint density at radius 2 is 2.33 bits per heavy atom. The molecule has 0 aliphatic heterocycles. The first-order valence-electron chi connectivity index (χ1n) is 6.04. The Balaban J connectivity index is 1.94. The second-order valence-corrected chi connectivity index (χ2v) is 5.63. The zero-order valence-electron chi connectivity index (χ0n) is 10.2. The topological polar surface area (TPSA) is 52.9 Å². The van der Waals surface area contributed by atoms with Crippen molar-refractivity contribution in [2.45, 2.75) is 32.2 Å². The zero-order valence-corrected chi connectivity index (χ0v) is 11.8. The van der Waals surface area contributed by atoms with Crippen LogP contribution in [0.5, 0.6) is 0 Å². The van der Waals surface area contributed by atoms with Gasteiger partial charge in [0.1, 0.15) is 6.04 Å². The summed E-state index contributed by atoms with van der Waals surface area (Å²) in [7, 11) is 0. The fourth-order valence-corrected chi connectivity index (χ4v) is 2.27. The summed E-state index contributed by atoms with van der Waals surface area (Å²) in [4.78, 5) is 11.8. The molecule has 4 heteroatoms. The van der Waals surface area contributed by atoms with Gasteiger partial charge in [-0.3, -0.25) is 4.79 Å². The monoisotopic (exact) mass is 306 g/mol. The first kappa shape index (κ1) is 13.1. The second kappa shape index (κ2) is 5.53. The number of hydrogen-bond donors (Lipinski definition) is 1. The summed E-state index contributed by atoms with van der Waals surface area (Å²) in [5.41, 5.74) is 2.10. The van der Waals surface area contributed by atoms with E-state index in [1.807, 2.05) is 25.1 Å². The van der Waals surface area contributed by atoms with E-state index >= 15 is 0 Å². The number of carbonyl (C=O) groups is 1. The number of aryl methyl sites for hydroxylation is 1. The molecule has 1 atom stereocenters. The van der Waals surface area contributed by atoms with E-state index in [4.69, 9.17) is 5.26 Å². The van der Waals surface area contributed by atoms with Gasteiger partial charge in [0.15, 0.2) is 0 Å². The molecule has 1 amide bonds. The zero-order chi connectivity index (χ0) is 13.1. The van der Waals surface area contributed by atoms with Gasteiger partial charge >= 0.3 is 0 Å². The number of nitrogens with zero attached hydrogens (tertiary/aromatic N) is 1. The summed E-state index contributed by atoms with van der Waals surface area (Å²) < 4.78 is 1.01. The summed E-state index contributed by atoms with van der Waals surface area (Å²) in [6, 6.07) is 7.72. The molecule has 1 aliphatic carbocycles. The average Bonchev–Trinajstić information content (AvgIpc) is 3.15. The standard InChI is InChI=1S/C14H15BrN2O/c1-9-2-3-10(6-12(9)15)7-14(18)17-13(8-16)11-4-5-11/h2-3,6,11,13H,4-5,7H2,1H3,(H,17,18). The fourth-order valence-electron chi connectivity index (χ4n) is 1.84. The normalized spacial score (nSPS) is 15.8. The van der Waals surface area contributed by atoms with Crippen molar-refractivity contribution < 1.29 is 4.79 Å². The van der Waals surface area contributed by atoms with Crippen LogP contribution in [0.15, 0.2) is 22.7 Å². The van der Waals surface area contributed by atoms with Crippen LogP contribution >= 0.6 is 15.9 Å². The highest BCUT2D eigenvalue weighted by atomic mass is 79.9. The van der Waals surface area contributed by atoms with Crippen molar-refractivity contribution in [3.63, 3.8) is 0 Å². The van der Waals surface area contributed by atoms with E-state index in [0.717, 1.165) is 28.4 Å². The minimum atomic E-state index is -0.314. The van der Waals surface area contributed by atoms with Crippen molar-refractivity contribution in [3.05, 3.63) is 33.8 Å². The van der Waals surface area contributed by atoms with E-state index in [1.54, 1.807) is 0 Å². The molecule has 1 fully saturated rings. The number of rotatable bonds is 4. The molecule has 18 heavy (non-hydrogen) atoms. The van der Waals surface area contributed by atoms with Gasteiger partial charge < -0.3 is 5.32 Å². The Morgan fingerprint density at radius 1 is 1.61 bits per heavy atom. The first-order chi connectivity index (χ1) is 8.60. The van der Waals surface area contributed by atoms with Crippen LogP contribution in [0.4, 0.5) is 0 Å². The van der Waals surface area contributed by atoms with Gasteiger partial charge in [-0.1, -0.05) is 28.1 Å². The third-order valence-electron chi connectivity index (χ3n) is 3.15. The second-order valence-electron chi connectivity index (χ2n) is 4.77. The van der Waals surface area contributed by atoms with Crippen LogP contribution in [0, 0.1) is 24.2 Å². The van der Waals surface area contributed by atoms with E-state index in [0.29, 0.717) is 12.3 Å². The Kier molecular flexibility index (Phi) is 4.03. The van der Waals surface area contributed by atoms with E-state index in [-0.39, 0.29) is 11.9 Å². The molecule has 1 aliphatic rings. The smallest absolute Gasteiger partial charge is 0.225 e. The van der Waals surface area contributed by atoms with Crippen LogP contribution < -0.4 is 5.32 Å². The highest BCUT2D eigenvalue weighted by Crippen LogP contribution is 2.32. The molecule has 2 rings (SSSR count). The third kappa shape index (κ3) is 3.33. The molecule has 0 bridgehead atoms. The van der Waals surface area contributed by atoms with E-state index < -0.39 is 0 Å². The summed E-state index contributed by atoms with van der Waals surface area (Å²) in [5, 5.41) is 11.8. The van der Waals surface area contributed by atoms with Gasteiger partial charge in [-0.25, -0.2) is 0 Å². The number of nitrogens with one attached hydrogen (secondary N) is 1. The lowest BCUT2D eigenvalue weighted by molar-refractivity contribution is -0.120. The van der Waals surface area contributed by atoms with Crippen LogP contribution in [-0.4, -0.2) is 11.9 Å². The maximum atomic E-state index is 11.8. The van der Waals surface area contributed by atoms with E-state index in [1.165, 1.54) is 0 Å². The van der Waals surface area contributed by atoms with Crippen molar-refractivity contribution in [2.24, 2.45) is 5.92 Å². The summed E-state index contributed by atoms with van der Waals surface area (Å²) in [6.45, 7) is 2.01. The predicted molar refractivity (Wildman–Crippen MR) is 72.9 cm³/mol. The molecule has 1 N–H and O–H groups in total. The molecule has 1 unspecified atom stereocenters. The van der Waals surface area contributed by atoms with Gasteiger partial charge in [0.05, 0.1) is 12.5 Å². The molecule has 0 spiro atoms. The lowest BCUT2D eigenvalue weighted by atomic mass is 10.1. The molecule has 0 heterocycles. The number of halogens is 1. The summed E-state index contributed by atoms with van der Waals surface area (Å²) in [6.07, 6.45) is 2.42. The van der Waals surface area contributed by atoms with Crippen molar-refractivity contribution in [1.82, 2.24) is 5.32 Å². The molecule has 1 aromatic rings. The molecule has 1 saturated carbocycles. The Morgan fingerprint density at radius 3 is 2.89 bits per heavy atom. The first-order valence-corrected chi connectivity index (χ1v) is 6.83. The third-order valence-corrected chi connectivity index (χ3v) is 4.00. The van der Waals surface area contributed by atoms with Crippen LogP contribution in [0.3, 0.4) is 0 Å². The van der Waals surface area contributed by atoms with Gasteiger partial charge in [0.25, 0.3) is 0 Å². The molecule has 3 nitrogen and oxygen atoms in total. The average molecular weight is 307 g/mol. The molecule has 1 aromatic carbocycles. The van der Waals surface area contributed by atoms with Gasteiger partial charge in [0, 0.05) is 4.47 Å². The van der Waals surface area contributed by atoms with Crippen molar-refractivity contribution >= 4 is 21.8 Å². The fraction of sp³-hybridized carbons (Fsp3) is 0.429. The van der Waals surface area contributed by atoms with Gasteiger partial charge in [-0.15, -0.1) is 0 Å². The Bertz CT molecular complexity index is 503. The molecule has 0 radical (unpaired) electrons. The Labute approximate surface area is 115 Å². The van der Waals surface area contributed by atoms with Crippen LogP contribution in [-0.2, 0) is 11.2 Å². The molecule has 94 valence electrons. The Hall–Kier alpha value is -1.34. The number of benzene rings is 1. The van der Waals surface area contributed by atoms with Crippen molar-refractivity contribution in [2.75, 3.05) is 0 Å². The minimum absolute atomic E-state index is 0.0794. The number of nitriles is 1. The quantitative estimate of drug-likeness (QED) is 0.930. The highest BCUT2D eigenvalue weighted by molar-refractivity contribution is 9.10. The SMILES string of the molecule is Cc1ccc(CC(=O)NC(C#N)C2CC2)cc1Br. The number of carbonyl (C=O) groups excluding carboxylic acids is 1. The molecule has 0 aromatic heterocycles. The number of amides is 1. The van der Waals surface area contributed by atoms with Crippen LogP contribution in [0.1, 0.15) is 24.0 Å². The summed E-state index contributed by atoms with van der Waals surface area (Å²) >= 11 is 3.45. The maximum Gasteiger partial charge on any atom is 0.225 e. The highest BCUT2D eigenvalue weighted by Gasteiger charge is 2.32. The lowest BCUT2D eigenvalue weighted by Gasteiger charge is -2.10. The van der Waals surface area contributed by atoms with Gasteiger partial charge in [-0.05, 0) is 42.9 Å². The van der Waals surface area contributed by atoms with Gasteiger partial charge in [0.2, 0.25) is 5.91 Å². The minimum Gasteiger partial charge on any atom is -0.340 e. The van der Waals surface area contributed by atoms with Crippen molar-refractivity contribution in [3.8, 4) is 6.07 Å². The predicted octanol–water partition coefficient (Wildman–Crippen LogP) is 2.72. The largest absolute Gasteiger partial charge is 0.340 e. The van der Waals surface area contributed by atoms with Gasteiger partial charge in [-0.2, -0.15) is 5.26 Å². The van der Waals surface area contributed by atoms with E-state index in [9.17, 15) is 4.79 Å². The number of hydrogen-bond acceptors (Lipinski definition) is 2. The van der Waals surface area contributed by atoms with Crippen LogP contribution in [0.2, 0.25) is 0 Å². The van der Waals surface area contributed by atoms with Crippen LogP contribution in [0.25, 0.3) is 0 Å². The summed E-state index contributed by atoms with van der Waals surface area (Å²) in [5.74, 6) is 0.285. The van der Waals surface area contributed by atoms with Crippen molar-refractivity contribution in [1.29, 1.82) is 5.26 Å².